The van der Waals surface area contributed by atoms with Crippen LogP contribution in [0.25, 0.3) is 10.9 Å². The third-order valence-corrected chi connectivity index (χ3v) is 8.15. The van der Waals surface area contributed by atoms with Gasteiger partial charge in [-0.1, -0.05) is 84.5 Å². The van der Waals surface area contributed by atoms with Crippen LogP contribution in [-0.2, 0) is 16.1 Å². The number of nitrogens with one attached hydrogen (secondary N) is 2. The highest BCUT2D eigenvalue weighted by atomic mass is 35.5. The number of fused-ring (bicyclic) bond motifs is 1. The lowest BCUT2D eigenvalue weighted by atomic mass is 10.0. The number of para-hydroxylation sites is 1. The van der Waals surface area contributed by atoms with E-state index in [1.54, 1.807) is 31.3 Å². The van der Waals surface area contributed by atoms with Crippen LogP contribution in [0.3, 0.4) is 0 Å². The first-order valence-electron chi connectivity index (χ1n) is 13.7. The number of hydrogen-bond acceptors (Lipinski definition) is 4. The Bertz CT molecular complexity index is 1670. The molecule has 0 aliphatic rings. The Hall–Kier alpha value is -3.23. The Morgan fingerprint density at radius 3 is 2.37 bits per heavy atom. The second-order valence-corrected chi connectivity index (χ2v) is 12.3. The molecule has 11 heteroatoms. The molecule has 7 nitrogen and oxygen atoms in total. The van der Waals surface area contributed by atoms with Gasteiger partial charge in [-0.2, -0.15) is 5.10 Å². The van der Waals surface area contributed by atoms with E-state index in [0.717, 1.165) is 27.7 Å². The maximum atomic E-state index is 13.2. The number of nitrogens with zero attached hydrogens (tertiary/aromatic N) is 2. The van der Waals surface area contributed by atoms with Crippen LogP contribution < -0.4 is 15.5 Å². The molecule has 1 aromatic heterocycles. The lowest BCUT2D eigenvalue weighted by Crippen LogP contribution is -2.49. The number of aromatic nitrogens is 1. The normalized spacial score (nSPS) is 13.0. The van der Waals surface area contributed by atoms with Gasteiger partial charge in [0.2, 0.25) is 0 Å². The number of halogens is 4. The zero-order chi connectivity index (χ0) is 31.3. The Balaban J connectivity index is 1.48. The van der Waals surface area contributed by atoms with E-state index in [2.05, 4.69) is 20.4 Å². The van der Waals surface area contributed by atoms with Gasteiger partial charge in [0.15, 0.2) is 6.10 Å². The number of hydrogen-bond donors (Lipinski definition) is 2. The average molecular weight is 662 g/mol. The summed E-state index contributed by atoms with van der Waals surface area (Å²) >= 11 is 24.5. The standard InChI is InChI=1S/C32H32Cl4N4O3/c1-18(2)13-28(38-31(41)20(4)43-30-12-10-22(33)15-27(30)36)32(42)39-37-16-24-19(3)40(29-8-6-5-7-23(24)29)17-21-9-11-25(34)26(35)14-21/h5-12,14-16,18,20,28H,13,17H2,1-4H3,(H,38,41)(H,39,42)/b37-16-/t20-,28-/m1/s1. The molecule has 2 atom stereocenters. The van der Waals surface area contributed by atoms with E-state index in [9.17, 15) is 9.59 Å². The Kier molecular flexibility index (Phi) is 11.0. The number of ether oxygens (including phenoxy) is 1. The van der Waals surface area contributed by atoms with Crippen LogP contribution in [0.5, 0.6) is 5.75 Å². The highest BCUT2D eigenvalue weighted by Gasteiger charge is 2.26. The Labute approximate surface area is 271 Å². The van der Waals surface area contributed by atoms with Crippen molar-refractivity contribution in [2.75, 3.05) is 0 Å². The molecule has 43 heavy (non-hydrogen) atoms. The summed E-state index contributed by atoms with van der Waals surface area (Å²) in [4.78, 5) is 26.1. The van der Waals surface area contributed by atoms with E-state index in [1.807, 2.05) is 57.2 Å². The Morgan fingerprint density at radius 2 is 1.67 bits per heavy atom. The number of amides is 2. The molecule has 4 rings (SSSR count). The zero-order valence-electron chi connectivity index (χ0n) is 24.1. The summed E-state index contributed by atoms with van der Waals surface area (Å²) < 4.78 is 7.88. The molecule has 3 aromatic carbocycles. The van der Waals surface area contributed by atoms with Crippen LogP contribution in [0.15, 0.2) is 65.8 Å². The maximum Gasteiger partial charge on any atom is 0.262 e. The molecule has 0 spiro atoms. The minimum Gasteiger partial charge on any atom is -0.479 e. The first kappa shape index (κ1) is 32.7. The summed E-state index contributed by atoms with van der Waals surface area (Å²) in [7, 11) is 0. The molecule has 2 N–H and O–H groups in total. The quantitative estimate of drug-likeness (QED) is 0.126. The van der Waals surface area contributed by atoms with E-state index in [-0.39, 0.29) is 10.9 Å². The van der Waals surface area contributed by atoms with Crippen molar-refractivity contribution >= 4 is 75.3 Å². The fourth-order valence-electron chi connectivity index (χ4n) is 4.69. The van der Waals surface area contributed by atoms with Crippen LogP contribution in [-0.4, -0.2) is 34.7 Å². The van der Waals surface area contributed by atoms with Gasteiger partial charge in [-0.15, -0.1) is 0 Å². The average Bonchev–Trinajstić information content (AvgIpc) is 3.21. The summed E-state index contributed by atoms with van der Waals surface area (Å²) in [6, 6.07) is 17.5. The lowest BCUT2D eigenvalue weighted by Gasteiger charge is -2.22. The summed E-state index contributed by atoms with van der Waals surface area (Å²) in [5.74, 6) is -0.454. The predicted octanol–water partition coefficient (Wildman–Crippen LogP) is 8.06. The van der Waals surface area contributed by atoms with E-state index in [1.165, 1.54) is 6.07 Å². The zero-order valence-corrected chi connectivity index (χ0v) is 27.2. The summed E-state index contributed by atoms with van der Waals surface area (Å²) in [5, 5.41) is 9.78. The van der Waals surface area contributed by atoms with Gasteiger partial charge in [-0.05, 0) is 68.1 Å². The third kappa shape index (κ3) is 8.24. The molecule has 0 unspecified atom stereocenters. The molecule has 4 aromatic rings. The van der Waals surface area contributed by atoms with Crippen LogP contribution in [0.4, 0.5) is 0 Å². The monoisotopic (exact) mass is 660 g/mol. The first-order valence-corrected chi connectivity index (χ1v) is 15.2. The van der Waals surface area contributed by atoms with Crippen molar-refractivity contribution in [3.8, 4) is 5.75 Å². The minimum absolute atomic E-state index is 0.128. The first-order chi connectivity index (χ1) is 20.4. The number of carbonyl (C=O) groups excluding carboxylic acids is 2. The van der Waals surface area contributed by atoms with Gasteiger partial charge < -0.3 is 14.6 Å². The molecule has 0 fully saturated rings. The van der Waals surface area contributed by atoms with Gasteiger partial charge in [0.05, 0.1) is 21.3 Å². The predicted molar refractivity (Wildman–Crippen MR) is 176 cm³/mol. The Morgan fingerprint density at radius 1 is 0.930 bits per heavy atom. The van der Waals surface area contributed by atoms with Gasteiger partial charge >= 0.3 is 0 Å². The maximum absolute atomic E-state index is 13.2. The molecule has 1 heterocycles. The molecule has 0 bridgehead atoms. The SMILES string of the molecule is Cc1c(/C=N\NC(=O)[C@@H](CC(C)C)NC(=O)[C@@H](C)Oc2ccc(Cl)cc2Cl)c2ccccc2n1Cc1ccc(Cl)c(Cl)c1. The van der Waals surface area contributed by atoms with Gasteiger partial charge in [-0.25, -0.2) is 5.43 Å². The number of benzene rings is 3. The number of hydrazone groups is 1. The summed E-state index contributed by atoms with van der Waals surface area (Å²) in [5.41, 5.74) is 6.45. The van der Waals surface area contributed by atoms with Crippen molar-refractivity contribution in [1.82, 2.24) is 15.3 Å². The molecule has 226 valence electrons. The highest BCUT2D eigenvalue weighted by Crippen LogP contribution is 2.29. The molecule has 0 saturated carbocycles. The van der Waals surface area contributed by atoms with Crippen LogP contribution in [0.1, 0.15) is 44.0 Å². The second-order valence-electron chi connectivity index (χ2n) is 10.6. The minimum atomic E-state index is -0.908. The van der Waals surface area contributed by atoms with Crippen molar-refractivity contribution in [1.29, 1.82) is 0 Å². The van der Waals surface area contributed by atoms with Gasteiger partial charge in [-0.3, -0.25) is 9.59 Å². The molecule has 0 aliphatic heterocycles. The van der Waals surface area contributed by atoms with Gasteiger partial charge in [0.1, 0.15) is 11.8 Å². The van der Waals surface area contributed by atoms with Crippen LogP contribution in [0.2, 0.25) is 20.1 Å². The van der Waals surface area contributed by atoms with Crippen molar-refractivity contribution in [2.24, 2.45) is 11.0 Å². The molecule has 2 amide bonds. The molecule has 0 radical (unpaired) electrons. The van der Waals surface area contributed by atoms with E-state index < -0.39 is 24.0 Å². The molecular weight excluding hydrogens is 630 g/mol. The highest BCUT2D eigenvalue weighted by molar-refractivity contribution is 6.42. The number of carbonyl (C=O) groups is 2. The van der Waals surface area contributed by atoms with Crippen molar-refractivity contribution in [3.05, 3.63) is 97.6 Å². The van der Waals surface area contributed by atoms with E-state index in [0.29, 0.717) is 33.8 Å². The van der Waals surface area contributed by atoms with Crippen LogP contribution >= 0.6 is 46.4 Å². The van der Waals surface area contributed by atoms with E-state index >= 15 is 0 Å². The van der Waals surface area contributed by atoms with Crippen LogP contribution in [0, 0.1) is 12.8 Å². The summed E-state index contributed by atoms with van der Waals surface area (Å²) in [6.45, 7) is 8.09. The second kappa shape index (κ2) is 14.5. The third-order valence-electron chi connectivity index (χ3n) is 6.88. The molecular formula is C32H32Cl4N4O3. The van der Waals surface area contributed by atoms with Crippen molar-refractivity contribution in [3.63, 3.8) is 0 Å². The van der Waals surface area contributed by atoms with E-state index in [4.69, 9.17) is 51.1 Å². The molecule has 0 saturated heterocycles. The topological polar surface area (TPSA) is 84.7 Å². The smallest absolute Gasteiger partial charge is 0.262 e. The van der Waals surface area contributed by atoms with Crippen molar-refractivity contribution in [2.45, 2.75) is 52.8 Å². The molecule has 0 aliphatic carbocycles. The fraction of sp³-hybridized carbons (Fsp3) is 0.281. The lowest BCUT2D eigenvalue weighted by molar-refractivity contribution is -0.132. The van der Waals surface area contributed by atoms with Crippen molar-refractivity contribution < 1.29 is 14.3 Å². The fourth-order valence-corrected chi connectivity index (χ4v) is 5.46. The number of rotatable bonds is 11. The summed E-state index contributed by atoms with van der Waals surface area (Å²) in [6.07, 6.45) is 1.13. The largest absolute Gasteiger partial charge is 0.479 e. The van der Waals surface area contributed by atoms with Gasteiger partial charge in [0.25, 0.3) is 11.8 Å². The van der Waals surface area contributed by atoms with Gasteiger partial charge in [0, 0.05) is 33.7 Å².